The molecule has 24 heavy (non-hydrogen) atoms. The molecule has 3 rings (SSSR count). The van der Waals surface area contributed by atoms with E-state index in [-0.39, 0.29) is 17.5 Å². The number of pyridine rings is 1. The topological polar surface area (TPSA) is 91.4 Å². The Hall–Kier alpha value is -2.61. The van der Waals surface area contributed by atoms with Crippen molar-refractivity contribution in [1.82, 2.24) is 20.1 Å². The van der Waals surface area contributed by atoms with Crippen molar-refractivity contribution in [3.63, 3.8) is 0 Å². The van der Waals surface area contributed by atoms with Gasteiger partial charge in [-0.1, -0.05) is 17.7 Å². The van der Waals surface area contributed by atoms with Crippen molar-refractivity contribution in [2.45, 2.75) is 6.54 Å². The predicted molar refractivity (Wildman–Crippen MR) is 88.3 cm³/mol. The Morgan fingerprint density at radius 1 is 1.38 bits per heavy atom. The van der Waals surface area contributed by atoms with Crippen molar-refractivity contribution in [3.8, 4) is 5.88 Å². The van der Waals surface area contributed by atoms with Crippen LogP contribution in [0.4, 0.5) is 5.69 Å². The van der Waals surface area contributed by atoms with Crippen LogP contribution in [0, 0.1) is 0 Å². The van der Waals surface area contributed by atoms with Crippen molar-refractivity contribution in [2.75, 3.05) is 31.6 Å². The number of halogens is 1. The van der Waals surface area contributed by atoms with Crippen molar-refractivity contribution in [2.24, 2.45) is 0 Å². The predicted octanol–water partition coefficient (Wildman–Crippen LogP) is 0.676. The van der Waals surface area contributed by atoms with Gasteiger partial charge in [0.15, 0.2) is 0 Å². The van der Waals surface area contributed by atoms with E-state index in [9.17, 15) is 9.59 Å². The zero-order valence-electron chi connectivity index (χ0n) is 13.0. The van der Waals surface area contributed by atoms with Gasteiger partial charge in [-0.05, 0) is 6.07 Å². The van der Waals surface area contributed by atoms with E-state index >= 15 is 0 Å². The van der Waals surface area contributed by atoms with Crippen LogP contribution in [0.3, 0.4) is 0 Å². The first-order valence-electron chi connectivity index (χ1n) is 7.34. The number of aromatic amines is 1. The number of H-pyrrole nitrogens is 1. The Labute approximate surface area is 143 Å². The fourth-order valence-electron chi connectivity index (χ4n) is 2.61. The van der Waals surface area contributed by atoms with Crippen LogP contribution in [0.5, 0.6) is 5.88 Å². The van der Waals surface area contributed by atoms with Crippen LogP contribution in [-0.2, 0) is 11.3 Å². The number of methoxy groups -OCH3 is 1. The lowest BCUT2D eigenvalue weighted by atomic mass is 10.2. The van der Waals surface area contributed by atoms with E-state index in [1.54, 1.807) is 29.2 Å². The number of rotatable bonds is 4. The molecule has 8 nitrogen and oxygen atoms in total. The molecule has 0 bridgehead atoms. The minimum Gasteiger partial charge on any atom is -0.481 e. The maximum atomic E-state index is 12.5. The quantitative estimate of drug-likeness (QED) is 0.872. The second-order valence-electron chi connectivity index (χ2n) is 5.31. The number of anilines is 1. The number of amides is 1. The number of hydrogen-bond donors (Lipinski definition) is 1. The van der Waals surface area contributed by atoms with Crippen LogP contribution in [-0.4, -0.2) is 52.7 Å². The first-order valence-corrected chi connectivity index (χ1v) is 7.71. The molecule has 1 amide bonds. The normalized spacial score (nSPS) is 14.8. The number of hydrogen-bond acceptors (Lipinski definition) is 6. The highest BCUT2D eigenvalue weighted by atomic mass is 35.5. The Bertz CT molecular complexity index is 810. The van der Waals surface area contributed by atoms with E-state index in [0.717, 1.165) is 5.56 Å². The smallest absolute Gasteiger partial charge is 0.285 e. The molecule has 0 saturated carbocycles. The summed E-state index contributed by atoms with van der Waals surface area (Å²) in [6, 6.07) is 3.68. The first-order chi connectivity index (χ1) is 11.6. The van der Waals surface area contributed by atoms with Crippen molar-refractivity contribution in [1.29, 1.82) is 0 Å². The largest absolute Gasteiger partial charge is 0.481 e. The summed E-state index contributed by atoms with van der Waals surface area (Å²) in [6.45, 7) is 1.61. The van der Waals surface area contributed by atoms with Gasteiger partial charge in [0.05, 0.1) is 32.1 Å². The number of aromatic nitrogens is 3. The van der Waals surface area contributed by atoms with Crippen LogP contribution in [0.2, 0.25) is 5.02 Å². The summed E-state index contributed by atoms with van der Waals surface area (Å²) in [5, 5.41) is 6.05. The second kappa shape index (κ2) is 6.88. The Morgan fingerprint density at radius 3 is 2.96 bits per heavy atom. The number of nitrogens with one attached hydrogen (secondary N) is 1. The molecule has 126 valence electrons. The fraction of sp³-hybridized carbons (Fsp3) is 0.333. The van der Waals surface area contributed by atoms with E-state index in [0.29, 0.717) is 31.2 Å². The number of piperazine rings is 1. The Morgan fingerprint density at radius 2 is 2.21 bits per heavy atom. The highest BCUT2D eigenvalue weighted by Crippen LogP contribution is 2.23. The van der Waals surface area contributed by atoms with Crippen LogP contribution in [0.25, 0.3) is 0 Å². The maximum Gasteiger partial charge on any atom is 0.285 e. The van der Waals surface area contributed by atoms with Gasteiger partial charge in [0.2, 0.25) is 11.8 Å². The first kappa shape index (κ1) is 16.3. The zero-order valence-corrected chi connectivity index (χ0v) is 13.8. The lowest BCUT2D eigenvalue weighted by Gasteiger charge is -2.35. The van der Waals surface area contributed by atoms with E-state index in [1.807, 2.05) is 6.07 Å². The number of nitrogens with zero attached hydrogens (tertiary/aromatic N) is 4. The highest BCUT2D eigenvalue weighted by molar-refractivity contribution is 6.33. The van der Waals surface area contributed by atoms with Gasteiger partial charge in [0.1, 0.15) is 5.02 Å². The van der Waals surface area contributed by atoms with Gasteiger partial charge in [0.25, 0.3) is 5.56 Å². The zero-order chi connectivity index (χ0) is 17.1. The molecule has 2 aromatic heterocycles. The fourth-order valence-corrected chi connectivity index (χ4v) is 2.82. The second-order valence-corrected chi connectivity index (χ2v) is 5.68. The van der Waals surface area contributed by atoms with Gasteiger partial charge < -0.3 is 14.5 Å². The van der Waals surface area contributed by atoms with E-state index in [2.05, 4.69) is 15.2 Å². The van der Waals surface area contributed by atoms with Crippen LogP contribution in [0.15, 0.2) is 29.3 Å². The summed E-state index contributed by atoms with van der Waals surface area (Å²) < 4.78 is 5.22. The minimum atomic E-state index is -0.468. The summed E-state index contributed by atoms with van der Waals surface area (Å²) in [5.74, 6) is 0.443. The average Bonchev–Trinajstić information content (AvgIpc) is 2.59. The molecule has 1 saturated heterocycles. The van der Waals surface area contributed by atoms with Crippen LogP contribution >= 0.6 is 11.6 Å². The SMILES string of the molecule is COc1ncccc1CN1CCN(c2cn[nH]c(=O)c2Cl)CC1=O. The van der Waals surface area contributed by atoms with E-state index < -0.39 is 5.56 Å². The molecule has 0 spiro atoms. The van der Waals surface area contributed by atoms with Crippen molar-refractivity contribution >= 4 is 23.2 Å². The third kappa shape index (κ3) is 3.18. The summed E-state index contributed by atoms with van der Waals surface area (Å²) in [6.07, 6.45) is 3.10. The monoisotopic (exact) mass is 349 g/mol. The van der Waals surface area contributed by atoms with Gasteiger partial charge >= 0.3 is 0 Å². The molecule has 1 aliphatic heterocycles. The molecule has 0 unspecified atom stereocenters. The lowest BCUT2D eigenvalue weighted by molar-refractivity contribution is -0.131. The minimum absolute atomic E-state index is 0.0418. The third-order valence-electron chi connectivity index (χ3n) is 3.84. The number of carbonyl (C=O) groups is 1. The van der Waals surface area contributed by atoms with Gasteiger partial charge in [-0.3, -0.25) is 9.59 Å². The van der Waals surface area contributed by atoms with Gasteiger partial charge in [-0.15, -0.1) is 0 Å². The molecule has 0 radical (unpaired) electrons. The van der Waals surface area contributed by atoms with Crippen molar-refractivity contribution < 1.29 is 9.53 Å². The standard InChI is InChI=1S/C15H16ClN5O3/c1-24-15-10(3-2-4-17-15)8-21-6-5-20(9-12(21)22)11-7-18-19-14(23)13(11)16/h2-4,7H,5-6,8-9H2,1H3,(H,19,23). The highest BCUT2D eigenvalue weighted by Gasteiger charge is 2.26. The lowest BCUT2D eigenvalue weighted by Crippen LogP contribution is -2.50. The number of carbonyl (C=O) groups excluding carboxylic acids is 1. The molecular weight excluding hydrogens is 334 g/mol. The van der Waals surface area contributed by atoms with Gasteiger partial charge in [-0.25, -0.2) is 10.1 Å². The molecule has 9 heteroatoms. The summed E-state index contributed by atoms with van der Waals surface area (Å²) in [4.78, 5) is 31.6. The van der Waals surface area contributed by atoms with Crippen LogP contribution < -0.4 is 15.2 Å². The molecule has 3 heterocycles. The molecule has 0 aromatic carbocycles. The maximum absolute atomic E-state index is 12.5. The summed E-state index contributed by atoms with van der Waals surface area (Å²) in [7, 11) is 1.55. The molecule has 0 atom stereocenters. The van der Waals surface area contributed by atoms with Gasteiger partial charge in [-0.2, -0.15) is 5.10 Å². The summed E-state index contributed by atoms with van der Waals surface area (Å²) >= 11 is 6.00. The Kier molecular flexibility index (Phi) is 4.66. The third-order valence-corrected chi connectivity index (χ3v) is 4.21. The molecule has 2 aromatic rings. The average molecular weight is 350 g/mol. The molecule has 1 fully saturated rings. The summed E-state index contributed by atoms with van der Waals surface area (Å²) in [5.41, 5.74) is 0.842. The van der Waals surface area contributed by atoms with Gasteiger partial charge in [0, 0.05) is 24.8 Å². The van der Waals surface area contributed by atoms with Crippen LogP contribution in [0.1, 0.15) is 5.56 Å². The molecular formula is C15H16ClN5O3. The van der Waals surface area contributed by atoms with E-state index in [1.165, 1.54) is 6.20 Å². The van der Waals surface area contributed by atoms with Crippen molar-refractivity contribution in [3.05, 3.63) is 45.5 Å². The molecule has 1 aliphatic rings. The molecule has 1 N–H and O–H groups in total. The Balaban J connectivity index is 1.73. The van der Waals surface area contributed by atoms with E-state index in [4.69, 9.17) is 16.3 Å². The molecule has 0 aliphatic carbocycles. The number of ether oxygens (including phenoxy) is 1.